The third-order valence-corrected chi connectivity index (χ3v) is 5.48. The number of aromatic nitrogens is 1. The molecule has 8 heteroatoms. The Morgan fingerprint density at radius 3 is 2.45 bits per heavy atom. The molecule has 0 aliphatic carbocycles. The number of benzene rings is 2. The van der Waals surface area contributed by atoms with Crippen molar-refractivity contribution >= 4 is 37.4 Å². The Morgan fingerprint density at radius 2 is 1.86 bits per heavy atom. The summed E-state index contributed by atoms with van der Waals surface area (Å²) in [6.45, 7) is 1.58. The lowest BCUT2D eigenvalue weighted by molar-refractivity contribution is 0.463. The molecule has 110 valence electrons. The first kappa shape index (κ1) is 14.6. The van der Waals surface area contributed by atoms with Crippen molar-refractivity contribution in [2.24, 2.45) is 0 Å². The van der Waals surface area contributed by atoms with Crippen molar-refractivity contribution in [2.45, 2.75) is 11.8 Å². The number of nitrogens with zero attached hydrogens (tertiary/aromatic N) is 3. The molecule has 2 aromatic carbocycles. The predicted octanol–water partition coefficient (Wildman–Crippen LogP) is 3.66. The van der Waals surface area contributed by atoms with E-state index in [4.69, 9.17) is 5.39 Å². The van der Waals surface area contributed by atoms with Crippen LogP contribution in [-0.4, -0.2) is 18.0 Å². The standard InChI is InChI=1S/C14H9N3O3S2/c1-8-2-7-11-12(13(8)22(18,19)20)21-14(16-11)9-3-5-10(17-15)6-4-9/h2-7H,1H3. The minimum absolute atomic E-state index is 0.212. The molecule has 0 N–H and O–H groups in total. The number of rotatable bonds is 2. The lowest BCUT2D eigenvalue weighted by atomic mass is 10.2. The van der Waals surface area contributed by atoms with Crippen LogP contribution in [0.5, 0.6) is 0 Å². The number of hydrogen-bond acceptors (Lipinski definition) is 6. The zero-order chi connectivity index (χ0) is 15.9. The molecule has 0 aliphatic rings. The van der Waals surface area contributed by atoms with Gasteiger partial charge in [0, 0.05) is 17.7 Å². The maximum Gasteiger partial charge on any atom is 0.385 e. The summed E-state index contributed by atoms with van der Waals surface area (Å²) in [5.74, 6) is 0. The van der Waals surface area contributed by atoms with Crippen LogP contribution in [0.3, 0.4) is 0 Å². The summed E-state index contributed by atoms with van der Waals surface area (Å²) in [5.41, 5.74) is 2.03. The fourth-order valence-corrected chi connectivity index (χ4v) is 4.46. The molecule has 0 atom stereocenters. The molecule has 0 bridgehead atoms. The highest BCUT2D eigenvalue weighted by atomic mass is 32.2. The van der Waals surface area contributed by atoms with Gasteiger partial charge in [0.2, 0.25) is 5.39 Å². The monoisotopic (exact) mass is 331 g/mol. The van der Waals surface area contributed by atoms with E-state index >= 15 is 0 Å². The van der Waals surface area contributed by atoms with Gasteiger partial charge in [-0.25, -0.2) is 13.4 Å². The van der Waals surface area contributed by atoms with Gasteiger partial charge in [-0.15, -0.1) is 11.3 Å². The molecule has 22 heavy (non-hydrogen) atoms. The molecule has 0 spiro atoms. The van der Waals surface area contributed by atoms with Gasteiger partial charge < -0.3 is 4.55 Å². The van der Waals surface area contributed by atoms with E-state index in [9.17, 15) is 13.0 Å². The molecule has 3 aromatic rings. The van der Waals surface area contributed by atoms with Crippen LogP contribution in [0, 0.1) is 12.3 Å². The lowest BCUT2D eigenvalue weighted by Crippen LogP contribution is -2.01. The van der Waals surface area contributed by atoms with E-state index in [1.54, 1.807) is 43.3 Å². The maximum absolute atomic E-state index is 11.5. The molecule has 1 heterocycles. The van der Waals surface area contributed by atoms with Gasteiger partial charge in [-0.2, -0.15) is 0 Å². The Hall–Kier alpha value is -2.34. The highest BCUT2D eigenvalue weighted by molar-refractivity contribution is 7.86. The summed E-state index contributed by atoms with van der Waals surface area (Å²) in [5, 5.41) is 9.27. The second kappa shape index (κ2) is 5.14. The van der Waals surface area contributed by atoms with Crippen molar-refractivity contribution in [3.05, 3.63) is 46.9 Å². The van der Waals surface area contributed by atoms with Gasteiger partial charge in [0.15, 0.2) is 4.98 Å². The topological polar surface area (TPSA) is 98.2 Å². The largest absolute Gasteiger partial charge is 0.744 e. The van der Waals surface area contributed by atoms with E-state index in [0.717, 1.165) is 16.9 Å². The fraction of sp³-hybridized carbons (Fsp3) is 0.0714. The predicted molar refractivity (Wildman–Crippen MR) is 82.5 cm³/mol. The van der Waals surface area contributed by atoms with Crippen LogP contribution in [0.2, 0.25) is 0 Å². The molecule has 0 fully saturated rings. The average Bonchev–Trinajstić information content (AvgIpc) is 2.89. The molecule has 0 radical (unpaired) electrons. The van der Waals surface area contributed by atoms with Gasteiger partial charge in [-0.1, -0.05) is 6.07 Å². The normalized spacial score (nSPS) is 11.5. The van der Waals surface area contributed by atoms with Gasteiger partial charge in [0.1, 0.15) is 15.1 Å². The highest BCUT2D eigenvalue weighted by Crippen LogP contribution is 2.36. The molecule has 0 unspecified atom stereocenters. The second-order valence-corrected chi connectivity index (χ2v) is 7.00. The number of hydrogen-bond donors (Lipinski definition) is 0. The summed E-state index contributed by atoms with van der Waals surface area (Å²) in [7, 11) is -4.57. The first-order valence-electron chi connectivity index (χ1n) is 6.22. The van der Waals surface area contributed by atoms with E-state index in [-0.39, 0.29) is 4.90 Å². The zero-order valence-corrected chi connectivity index (χ0v) is 13.0. The van der Waals surface area contributed by atoms with Gasteiger partial charge in [-0.3, -0.25) is 0 Å². The first-order chi connectivity index (χ1) is 10.4. The smallest absolute Gasteiger partial charge is 0.385 e. The summed E-state index contributed by atoms with van der Waals surface area (Å²) in [6, 6.07) is 9.91. The molecular weight excluding hydrogens is 322 g/mol. The van der Waals surface area contributed by atoms with Gasteiger partial charge in [0.25, 0.3) is 0 Å². The Labute approximate surface area is 130 Å². The van der Waals surface area contributed by atoms with Crippen molar-refractivity contribution in [3.8, 4) is 10.6 Å². The summed E-state index contributed by atoms with van der Waals surface area (Å²) < 4.78 is 34.8. The quantitative estimate of drug-likeness (QED) is 0.527. The van der Waals surface area contributed by atoms with Crippen LogP contribution in [0.4, 0.5) is 5.69 Å². The Morgan fingerprint density at radius 1 is 1.18 bits per heavy atom. The minimum atomic E-state index is -4.57. The number of diazo groups is 1. The van der Waals surface area contributed by atoms with Crippen LogP contribution in [-0.2, 0) is 10.1 Å². The summed E-state index contributed by atoms with van der Waals surface area (Å²) >= 11 is 1.15. The van der Waals surface area contributed by atoms with Crippen molar-refractivity contribution in [2.75, 3.05) is 0 Å². The Bertz CT molecular complexity index is 1020. The van der Waals surface area contributed by atoms with E-state index in [2.05, 4.69) is 9.96 Å². The van der Waals surface area contributed by atoms with Crippen molar-refractivity contribution < 1.29 is 13.0 Å². The lowest BCUT2D eigenvalue weighted by Gasteiger charge is -2.10. The molecule has 0 saturated heterocycles. The van der Waals surface area contributed by atoms with E-state index < -0.39 is 10.1 Å². The highest BCUT2D eigenvalue weighted by Gasteiger charge is 2.16. The van der Waals surface area contributed by atoms with Crippen LogP contribution in [0.15, 0.2) is 41.3 Å². The third-order valence-electron chi connectivity index (χ3n) is 3.19. The second-order valence-electron chi connectivity index (χ2n) is 4.68. The van der Waals surface area contributed by atoms with Crippen LogP contribution in [0.1, 0.15) is 5.56 Å². The molecule has 0 aliphatic heterocycles. The molecule has 3 rings (SSSR count). The van der Waals surface area contributed by atoms with E-state index in [1.807, 2.05) is 0 Å². The Kier molecular flexibility index (Phi) is 3.41. The van der Waals surface area contributed by atoms with Gasteiger partial charge in [-0.05, 0) is 30.7 Å². The van der Waals surface area contributed by atoms with E-state index in [0.29, 0.717) is 26.5 Å². The Balaban J connectivity index is 2.24. The van der Waals surface area contributed by atoms with E-state index in [1.165, 1.54) is 0 Å². The molecule has 6 nitrogen and oxygen atoms in total. The van der Waals surface area contributed by atoms with Gasteiger partial charge in [0.05, 0.1) is 15.1 Å². The van der Waals surface area contributed by atoms with Crippen LogP contribution in [0.25, 0.3) is 25.8 Å². The van der Waals surface area contributed by atoms with Gasteiger partial charge >= 0.3 is 5.69 Å². The number of aryl methyl sites for hydroxylation is 1. The maximum atomic E-state index is 11.5. The molecule has 1 aromatic heterocycles. The van der Waals surface area contributed by atoms with Crippen LogP contribution >= 0.6 is 11.3 Å². The van der Waals surface area contributed by atoms with Crippen molar-refractivity contribution in [1.82, 2.24) is 4.98 Å². The van der Waals surface area contributed by atoms with Crippen LogP contribution < -0.4 is 0 Å². The molecule has 0 amide bonds. The van der Waals surface area contributed by atoms with Crippen molar-refractivity contribution in [1.29, 1.82) is 5.39 Å². The number of fused-ring (bicyclic) bond motifs is 1. The number of thiazole rings is 1. The summed E-state index contributed by atoms with van der Waals surface area (Å²) in [4.78, 5) is 7.23. The molecular formula is C14H9N3O3S2. The zero-order valence-electron chi connectivity index (χ0n) is 11.3. The summed E-state index contributed by atoms with van der Waals surface area (Å²) in [6.07, 6.45) is 0. The first-order valence-corrected chi connectivity index (χ1v) is 8.44. The SMILES string of the molecule is Cc1ccc2nc(-c3ccc([N+]#N)cc3)sc2c1S(=O)(=O)[O-]. The minimum Gasteiger partial charge on any atom is -0.744 e. The molecule has 0 saturated carbocycles. The van der Waals surface area contributed by atoms with Crippen molar-refractivity contribution in [3.63, 3.8) is 0 Å². The average molecular weight is 331 g/mol. The third kappa shape index (κ3) is 2.46. The fourth-order valence-electron chi connectivity index (χ4n) is 2.17.